The van der Waals surface area contributed by atoms with Crippen LogP contribution in [0.25, 0.3) is 44.8 Å². The molecule has 1 atom stereocenters. The zero-order chi connectivity index (χ0) is 26.4. The number of phenolic OH excluding ortho intramolecular Hbond substituents is 1. The van der Waals surface area contributed by atoms with Crippen LogP contribution in [0.5, 0.6) is 5.75 Å². The van der Waals surface area contributed by atoms with Crippen LogP contribution in [-0.2, 0) is 31.2 Å². The molecule has 1 aliphatic rings. The number of oxazole rings is 1. The van der Waals surface area contributed by atoms with Crippen LogP contribution in [0.2, 0.25) is 0 Å². The minimum absolute atomic E-state index is 0. The topological polar surface area (TPSA) is 67.8 Å². The molecule has 39 heavy (non-hydrogen) atoms. The van der Waals surface area contributed by atoms with E-state index in [0.717, 1.165) is 33.4 Å². The Morgan fingerprint density at radius 2 is 1.59 bits per heavy atom. The van der Waals surface area contributed by atoms with Crippen molar-refractivity contribution in [3.63, 3.8) is 0 Å². The van der Waals surface area contributed by atoms with Crippen molar-refractivity contribution in [1.29, 1.82) is 0 Å². The number of para-hydroxylation sites is 1. The van der Waals surface area contributed by atoms with Gasteiger partial charge in [0.25, 0.3) is 0 Å². The van der Waals surface area contributed by atoms with Gasteiger partial charge in [0.1, 0.15) is 23.8 Å². The number of rotatable bonds is 4. The van der Waals surface area contributed by atoms with Crippen LogP contribution in [0.4, 0.5) is 0 Å². The second kappa shape index (κ2) is 10.5. The Balaban J connectivity index is 0.00000308. The molecule has 0 bridgehead atoms. The maximum atomic E-state index is 11.4. The number of nitrogens with zero attached hydrogens (tertiary/aromatic N) is 2. The van der Waals surface area contributed by atoms with Crippen LogP contribution in [0.3, 0.4) is 0 Å². The number of ether oxygens (including phenoxy) is 1. The maximum Gasteiger partial charge on any atom is 0.230 e. The number of aromatic nitrogens is 1. The monoisotopic (exact) mass is 696 g/mol. The quantitative estimate of drug-likeness (QED) is 0.195. The van der Waals surface area contributed by atoms with Gasteiger partial charge in [-0.25, -0.2) is 4.98 Å². The Hall–Kier alpha value is -3.69. The van der Waals surface area contributed by atoms with Crippen LogP contribution in [-0.4, -0.2) is 28.6 Å². The summed E-state index contributed by atoms with van der Waals surface area (Å²) in [6.07, 6.45) is 0. The predicted octanol–water partition coefficient (Wildman–Crippen LogP) is 7.79. The van der Waals surface area contributed by atoms with Crippen molar-refractivity contribution in [1.82, 2.24) is 4.98 Å². The largest absolute Gasteiger partial charge is 0.510 e. The molecule has 0 saturated heterocycles. The summed E-state index contributed by atoms with van der Waals surface area (Å²) in [5, 5.41) is 11.4. The van der Waals surface area contributed by atoms with Crippen molar-refractivity contribution in [2.45, 2.75) is 39.2 Å². The molecule has 0 fully saturated rings. The van der Waals surface area contributed by atoms with E-state index in [0.29, 0.717) is 35.1 Å². The molecule has 1 aromatic heterocycles. The zero-order valence-corrected chi connectivity index (χ0v) is 24.5. The molecule has 0 radical (unpaired) electrons. The Morgan fingerprint density at radius 3 is 2.31 bits per heavy atom. The van der Waals surface area contributed by atoms with Crippen molar-refractivity contribution in [3.05, 3.63) is 96.1 Å². The summed E-state index contributed by atoms with van der Waals surface area (Å²) in [7, 11) is 0. The van der Waals surface area contributed by atoms with E-state index >= 15 is 0 Å². The van der Waals surface area contributed by atoms with Gasteiger partial charge >= 0.3 is 0 Å². The maximum absolute atomic E-state index is 11.4. The van der Waals surface area contributed by atoms with Gasteiger partial charge in [0.15, 0.2) is 0 Å². The summed E-state index contributed by atoms with van der Waals surface area (Å²) in [6, 6.07) is 29.3. The van der Waals surface area contributed by atoms with Crippen molar-refractivity contribution in [2.24, 2.45) is 4.99 Å². The molecule has 5 nitrogen and oxygen atoms in total. The van der Waals surface area contributed by atoms with E-state index in [1.54, 1.807) is 0 Å². The molecule has 1 N–H and O–H groups in total. The van der Waals surface area contributed by atoms with Gasteiger partial charge in [-0.1, -0.05) is 74.4 Å². The molecule has 1 aliphatic heterocycles. The Bertz CT molecular complexity index is 1680. The van der Waals surface area contributed by atoms with Gasteiger partial charge in [-0.05, 0) is 41.7 Å². The summed E-state index contributed by atoms with van der Waals surface area (Å²) in [5.41, 5.74) is 7.13. The van der Waals surface area contributed by atoms with Gasteiger partial charge in [0.05, 0.1) is 17.1 Å². The number of aliphatic imine (C=N–C) groups is 1. The van der Waals surface area contributed by atoms with Crippen LogP contribution in [0, 0.1) is 6.07 Å². The van der Waals surface area contributed by atoms with Gasteiger partial charge in [-0.15, -0.1) is 29.8 Å². The number of aromatic hydroxyl groups is 1. The molecule has 4 aromatic carbocycles. The van der Waals surface area contributed by atoms with Gasteiger partial charge < -0.3 is 14.3 Å². The van der Waals surface area contributed by atoms with E-state index in [9.17, 15) is 5.11 Å². The van der Waals surface area contributed by atoms with Gasteiger partial charge in [-0.3, -0.25) is 4.99 Å². The fourth-order valence-corrected chi connectivity index (χ4v) is 4.72. The third-order valence-corrected chi connectivity index (χ3v) is 6.82. The molecular weight excluding hydrogens is 667 g/mol. The zero-order valence-electron chi connectivity index (χ0n) is 22.3. The van der Waals surface area contributed by atoms with Gasteiger partial charge in [0.2, 0.25) is 5.89 Å². The third-order valence-electron chi connectivity index (χ3n) is 6.82. The summed E-state index contributed by atoms with van der Waals surface area (Å²) in [6.45, 7) is 9.08. The summed E-state index contributed by atoms with van der Waals surface area (Å²) in [5.74, 6) is 1.14. The van der Waals surface area contributed by atoms with Crippen LogP contribution < -0.4 is 0 Å². The first-order valence-corrected chi connectivity index (χ1v) is 12.8. The Morgan fingerprint density at radius 1 is 0.872 bits per heavy atom. The average Bonchev–Trinajstić information content (AvgIpc) is 3.55. The first-order valence-electron chi connectivity index (χ1n) is 12.8. The molecule has 200 valence electrons. The van der Waals surface area contributed by atoms with Crippen LogP contribution in [0.1, 0.15) is 38.8 Å². The van der Waals surface area contributed by atoms with Crippen molar-refractivity contribution < 1.29 is 35.3 Å². The normalized spacial score (nSPS) is 15.1. The van der Waals surface area contributed by atoms with Gasteiger partial charge in [-0.2, -0.15) is 0 Å². The molecule has 6 rings (SSSR count). The number of benzene rings is 4. The molecule has 5 aromatic rings. The first-order chi connectivity index (χ1) is 18.3. The second-order valence-electron chi connectivity index (χ2n) is 10.8. The summed E-state index contributed by atoms with van der Waals surface area (Å²) in [4.78, 5) is 9.48. The molecule has 6 heteroatoms. The van der Waals surface area contributed by atoms with E-state index in [1.165, 1.54) is 0 Å². The van der Waals surface area contributed by atoms with Crippen LogP contribution >= 0.6 is 0 Å². The molecule has 0 aliphatic carbocycles. The third kappa shape index (κ3) is 5.16. The van der Waals surface area contributed by atoms with E-state index in [1.807, 2.05) is 79.7 Å². The molecule has 0 saturated carbocycles. The van der Waals surface area contributed by atoms with Crippen molar-refractivity contribution in [3.8, 4) is 39.5 Å². The Labute approximate surface area is 242 Å². The van der Waals surface area contributed by atoms with E-state index in [2.05, 4.69) is 37.9 Å². The number of hydrogen-bond donors (Lipinski definition) is 1. The number of fused-ring (bicyclic) bond motifs is 1. The van der Waals surface area contributed by atoms with E-state index in [-0.39, 0.29) is 38.3 Å². The van der Waals surface area contributed by atoms with E-state index in [4.69, 9.17) is 14.1 Å². The number of phenols is 1. The molecule has 0 amide bonds. The smallest absolute Gasteiger partial charge is 0.230 e. The molecule has 0 spiro atoms. The standard InChI is InChI=1S/C33H29N2O3.Pt/c1-20-19-37-31(34-20)23-13-8-12-22(16-23)25-14-9-15-28-29(25)35-32(38-28)27-18-24(33(2,3)4)17-26(30(27)36)21-10-6-5-7-11-21;/h5-15,17-18,20,36H,19H2,1-4H3;/q-1;/t20-;/m0./s1. The Kier molecular flexibility index (Phi) is 7.22. The fourth-order valence-electron chi connectivity index (χ4n) is 4.72. The summed E-state index contributed by atoms with van der Waals surface area (Å²) < 4.78 is 12.0. The molecular formula is C33H29N2O3Pt-. The fraction of sp³-hybridized carbons (Fsp3) is 0.212. The second-order valence-corrected chi connectivity index (χ2v) is 10.8. The first kappa shape index (κ1) is 26.9. The van der Waals surface area contributed by atoms with Crippen molar-refractivity contribution in [2.75, 3.05) is 6.61 Å². The van der Waals surface area contributed by atoms with Crippen molar-refractivity contribution >= 4 is 17.0 Å². The van der Waals surface area contributed by atoms with Crippen LogP contribution in [0.15, 0.2) is 88.3 Å². The van der Waals surface area contributed by atoms with Gasteiger partial charge in [0, 0.05) is 26.6 Å². The summed E-state index contributed by atoms with van der Waals surface area (Å²) >= 11 is 0. The average molecular weight is 697 g/mol. The predicted molar refractivity (Wildman–Crippen MR) is 151 cm³/mol. The minimum atomic E-state index is -0.138. The minimum Gasteiger partial charge on any atom is -0.510 e. The number of hydrogen-bond acceptors (Lipinski definition) is 5. The molecule has 2 heterocycles. The van der Waals surface area contributed by atoms with E-state index < -0.39 is 0 Å². The SMILES string of the molecule is C[C@H]1COC(c2[c-]c(-c3cccc4oc(-c5cc(C(C)(C)C)cc(-c6ccccc6)c5O)nc34)ccc2)=N1.[Pt]. The molecule has 0 unspecified atom stereocenters.